The maximum absolute atomic E-state index is 6.29. The van der Waals surface area contributed by atoms with Gasteiger partial charge in [-0.2, -0.15) is 0 Å². The summed E-state index contributed by atoms with van der Waals surface area (Å²) < 4.78 is 8.53. The molecule has 0 N–H and O–H groups in total. The Morgan fingerprint density at radius 3 is 2.25 bits per heavy atom. The maximum atomic E-state index is 6.29. The zero-order valence-electron chi connectivity index (χ0n) is 26.0. The van der Waals surface area contributed by atoms with E-state index in [2.05, 4.69) is 114 Å². The van der Waals surface area contributed by atoms with Crippen LogP contribution in [0.1, 0.15) is 17.7 Å². The highest BCUT2D eigenvalue weighted by Crippen LogP contribution is 2.38. The molecule has 0 saturated heterocycles. The van der Waals surface area contributed by atoms with Crippen LogP contribution in [0.2, 0.25) is 0 Å². The van der Waals surface area contributed by atoms with E-state index in [1.165, 1.54) is 33.2 Å². The second-order valence-corrected chi connectivity index (χ2v) is 12.4. The molecule has 0 atom stereocenters. The Hall–Kier alpha value is -6.33. The third-order valence-electron chi connectivity index (χ3n) is 9.52. The summed E-state index contributed by atoms with van der Waals surface area (Å²) in [7, 11) is 0. The van der Waals surface area contributed by atoms with Gasteiger partial charge >= 0.3 is 0 Å². The lowest BCUT2D eigenvalue weighted by Gasteiger charge is -2.15. The number of hydrogen-bond acceptors (Lipinski definition) is 4. The zero-order valence-corrected chi connectivity index (χ0v) is 26.0. The predicted molar refractivity (Wildman–Crippen MR) is 195 cm³/mol. The van der Waals surface area contributed by atoms with E-state index in [0.717, 1.165) is 62.6 Å². The SMILES string of the molecule is C1=Cc2c(n(-c3nc(-c4ccc(-c5cccc6ccccc56)cc4)c4ccccc4n3)c3cc4nc(-c5ccccc5)oc4cc23)CC1. The van der Waals surface area contributed by atoms with E-state index in [1.807, 2.05) is 36.4 Å². The first-order chi connectivity index (χ1) is 23.8. The van der Waals surface area contributed by atoms with Gasteiger partial charge in [0, 0.05) is 33.2 Å². The van der Waals surface area contributed by atoms with Crippen LogP contribution in [-0.2, 0) is 6.42 Å². The molecule has 5 nitrogen and oxygen atoms in total. The van der Waals surface area contributed by atoms with Crippen LogP contribution in [0.4, 0.5) is 0 Å². The number of aromatic nitrogens is 4. The standard InChI is InChI=1S/C43H28N4O/c1-2-12-30(13-3-1)42-44-37-26-39-35(25-40(37)48-42)33-16-7-9-20-38(33)47(39)43-45-36-19-8-6-17-34(36)41(46-43)29-23-21-28(22-24-29)32-18-10-14-27-11-4-5-15-31(27)32/h1-8,10-19,21-26H,9,20H2. The van der Waals surface area contributed by atoms with Gasteiger partial charge < -0.3 is 4.42 Å². The van der Waals surface area contributed by atoms with Crippen LogP contribution in [0.15, 0.2) is 144 Å². The molecule has 0 bridgehead atoms. The number of allylic oxidation sites excluding steroid dienone is 1. The number of para-hydroxylation sites is 1. The number of benzene rings is 6. The normalized spacial score (nSPS) is 12.8. The van der Waals surface area contributed by atoms with E-state index < -0.39 is 0 Å². The molecule has 0 aliphatic heterocycles. The predicted octanol–water partition coefficient (Wildman–Crippen LogP) is 10.8. The first-order valence-corrected chi connectivity index (χ1v) is 16.3. The minimum absolute atomic E-state index is 0.616. The molecule has 0 amide bonds. The molecule has 10 rings (SSSR count). The molecule has 1 aliphatic rings. The molecule has 0 spiro atoms. The molecule has 1 aliphatic carbocycles. The van der Waals surface area contributed by atoms with Crippen molar-refractivity contribution < 1.29 is 4.42 Å². The van der Waals surface area contributed by atoms with Gasteiger partial charge in [0.15, 0.2) is 5.58 Å². The van der Waals surface area contributed by atoms with Crippen molar-refractivity contribution in [3.05, 3.63) is 151 Å². The first kappa shape index (κ1) is 26.8. The maximum Gasteiger partial charge on any atom is 0.235 e. The van der Waals surface area contributed by atoms with Crippen molar-refractivity contribution in [2.75, 3.05) is 0 Å². The molecule has 3 aromatic heterocycles. The van der Waals surface area contributed by atoms with Gasteiger partial charge in [0.05, 0.1) is 16.7 Å². The van der Waals surface area contributed by atoms with Gasteiger partial charge in [-0.25, -0.2) is 15.0 Å². The third-order valence-corrected chi connectivity index (χ3v) is 9.52. The number of rotatable bonds is 4. The summed E-state index contributed by atoms with van der Waals surface area (Å²) in [6.45, 7) is 0. The molecule has 0 fully saturated rings. The molecular formula is C43H28N4O. The number of nitrogens with zero attached hydrogens (tertiary/aromatic N) is 4. The second kappa shape index (κ2) is 10.6. The van der Waals surface area contributed by atoms with Crippen molar-refractivity contribution in [3.63, 3.8) is 0 Å². The lowest BCUT2D eigenvalue weighted by molar-refractivity contribution is 0.620. The zero-order chi connectivity index (χ0) is 31.6. The Labute approximate surface area is 276 Å². The van der Waals surface area contributed by atoms with Crippen LogP contribution in [0.5, 0.6) is 0 Å². The Balaban J connectivity index is 1.16. The quantitative estimate of drug-likeness (QED) is 0.197. The van der Waals surface area contributed by atoms with Crippen molar-refractivity contribution in [1.29, 1.82) is 0 Å². The van der Waals surface area contributed by atoms with E-state index in [-0.39, 0.29) is 0 Å². The molecule has 6 aromatic carbocycles. The Morgan fingerprint density at radius 1 is 0.583 bits per heavy atom. The van der Waals surface area contributed by atoms with Gasteiger partial charge in [0.2, 0.25) is 11.8 Å². The summed E-state index contributed by atoms with van der Waals surface area (Å²) in [4.78, 5) is 15.4. The van der Waals surface area contributed by atoms with Gasteiger partial charge in [-0.05, 0) is 65.1 Å². The van der Waals surface area contributed by atoms with Gasteiger partial charge in [-0.15, -0.1) is 0 Å². The van der Waals surface area contributed by atoms with Crippen LogP contribution in [0.3, 0.4) is 0 Å². The Morgan fingerprint density at radius 2 is 1.35 bits per heavy atom. The highest BCUT2D eigenvalue weighted by atomic mass is 16.3. The van der Waals surface area contributed by atoms with Crippen LogP contribution >= 0.6 is 0 Å². The molecule has 0 saturated carbocycles. The van der Waals surface area contributed by atoms with E-state index in [4.69, 9.17) is 19.4 Å². The molecule has 9 aromatic rings. The van der Waals surface area contributed by atoms with Gasteiger partial charge in [-0.3, -0.25) is 4.57 Å². The molecule has 3 heterocycles. The fourth-order valence-corrected chi connectivity index (χ4v) is 7.24. The number of oxazole rings is 1. The minimum Gasteiger partial charge on any atom is -0.436 e. The highest BCUT2D eigenvalue weighted by Gasteiger charge is 2.23. The monoisotopic (exact) mass is 616 g/mol. The molecular weight excluding hydrogens is 589 g/mol. The van der Waals surface area contributed by atoms with Crippen molar-refractivity contribution in [1.82, 2.24) is 19.5 Å². The number of fused-ring (bicyclic) bond motifs is 6. The number of hydrogen-bond donors (Lipinski definition) is 0. The smallest absolute Gasteiger partial charge is 0.235 e. The second-order valence-electron chi connectivity index (χ2n) is 12.4. The Kier molecular flexibility index (Phi) is 5.93. The van der Waals surface area contributed by atoms with Crippen LogP contribution < -0.4 is 0 Å². The lowest BCUT2D eigenvalue weighted by atomic mass is 9.96. The Bertz CT molecular complexity index is 2710. The van der Waals surface area contributed by atoms with E-state index in [1.54, 1.807) is 0 Å². The fourth-order valence-electron chi connectivity index (χ4n) is 7.24. The van der Waals surface area contributed by atoms with Crippen LogP contribution in [0, 0.1) is 0 Å². The largest absolute Gasteiger partial charge is 0.436 e. The first-order valence-electron chi connectivity index (χ1n) is 16.3. The van der Waals surface area contributed by atoms with Gasteiger partial charge in [0.25, 0.3) is 0 Å². The topological polar surface area (TPSA) is 56.7 Å². The van der Waals surface area contributed by atoms with E-state index in [0.29, 0.717) is 11.8 Å². The van der Waals surface area contributed by atoms with Crippen molar-refractivity contribution in [3.8, 4) is 39.8 Å². The average molecular weight is 617 g/mol. The van der Waals surface area contributed by atoms with Crippen molar-refractivity contribution in [2.24, 2.45) is 0 Å². The summed E-state index contributed by atoms with van der Waals surface area (Å²) in [5, 5.41) is 4.62. The minimum atomic E-state index is 0.616. The molecule has 0 unspecified atom stereocenters. The summed E-state index contributed by atoms with van der Waals surface area (Å²) in [5.74, 6) is 1.28. The highest BCUT2D eigenvalue weighted by molar-refractivity contribution is 6.01. The van der Waals surface area contributed by atoms with E-state index in [9.17, 15) is 0 Å². The summed E-state index contributed by atoms with van der Waals surface area (Å²) in [6.07, 6.45) is 6.34. The average Bonchev–Trinajstić information content (AvgIpc) is 3.72. The van der Waals surface area contributed by atoms with Crippen molar-refractivity contribution >= 4 is 49.8 Å². The third kappa shape index (κ3) is 4.21. The molecule has 0 radical (unpaired) electrons. The lowest BCUT2D eigenvalue weighted by Crippen LogP contribution is -2.08. The summed E-state index contributed by atoms with van der Waals surface area (Å²) in [5.41, 5.74) is 11.2. The molecule has 5 heteroatoms. The van der Waals surface area contributed by atoms with Crippen LogP contribution in [-0.4, -0.2) is 19.5 Å². The summed E-state index contributed by atoms with van der Waals surface area (Å²) in [6, 6.07) is 46.4. The van der Waals surface area contributed by atoms with Crippen molar-refractivity contribution in [2.45, 2.75) is 12.8 Å². The fraction of sp³-hybridized carbons (Fsp3) is 0.0465. The molecule has 48 heavy (non-hydrogen) atoms. The molecule has 226 valence electrons. The van der Waals surface area contributed by atoms with Gasteiger partial charge in [-0.1, -0.05) is 115 Å². The van der Waals surface area contributed by atoms with Crippen LogP contribution in [0.25, 0.3) is 89.5 Å². The van der Waals surface area contributed by atoms with E-state index >= 15 is 0 Å². The van der Waals surface area contributed by atoms with Gasteiger partial charge in [0.1, 0.15) is 5.52 Å². The summed E-state index contributed by atoms with van der Waals surface area (Å²) >= 11 is 0.